The third-order valence-corrected chi connectivity index (χ3v) is 3.93. The summed E-state index contributed by atoms with van der Waals surface area (Å²) in [6.45, 7) is 2.79. The Morgan fingerprint density at radius 2 is 2.25 bits per heavy atom. The first-order valence-electron chi connectivity index (χ1n) is 6.51. The minimum absolute atomic E-state index is 0.321. The van der Waals surface area contributed by atoms with Gasteiger partial charge >= 0.3 is 5.97 Å². The van der Waals surface area contributed by atoms with Crippen molar-refractivity contribution in [1.29, 1.82) is 0 Å². The van der Waals surface area contributed by atoms with Crippen LogP contribution in [0.5, 0.6) is 5.75 Å². The highest BCUT2D eigenvalue weighted by Crippen LogP contribution is 2.18. The number of nitrogens with two attached hydrogens (primary N) is 1. The Morgan fingerprint density at radius 3 is 2.95 bits per heavy atom. The zero-order valence-corrected chi connectivity index (χ0v) is 13.9. The molecule has 1 rings (SSSR count). The largest absolute Gasteiger partial charge is 0.493 e. The average Bonchev–Trinajstić information content (AvgIpc) is 2.42. The van der Waals surface area contributed by atoms with Crippen LogP contribution in [-0.2, 0) is 9.53 Å². The lowest BCUT2D eigenvalue weighted by Gasteiger charge is -2.10. The number of esters is 1. The van der Waals surface area contributed by atoms with Crippen LogP contribution < -0.4 is 10.5 Å². The van der Waals surface area contributed by atoms with E-state index < -0.39 is 6.04 Å². The molecule has 1 atom stereocenters. The van der Waals surface area contributed by atoms with Crippen LogP contribution >= 0.6 is 27.7 Å². The summed E-state index contributed by atoms with van der Waals surface area (Å²) in [6.07, 6.45) is 0.625. The smallest absolute Gasteiger partial charge is 0.322 e. The minimum Gasteiger partial charge on any atom is -0.493 e. The first-order valence-corrected chi connectivity index (χ1v) is 8.46. The van der Waals surface area contributed by atoms with E-state index in [0.717, 1.165) is 21.7 Å². The molecule has 0 radical (unpaired) electrons. The second-order valence-electron chi connectivity index (χ2n) is 4.07. The van der Waals surface area contributed by atoms with E-state index in [4.69, 9.17) is 15.2 Å². The number of hydrogen-bond acceptors (Lipinski definition) is 5. The lowest BCUT2D eigenvalue weighted by molar-refractivity contribution is -0.144. The zero-order valence-electron chi connectivity index (χ0n) is 11.5. The van der Waals surface area contributed by atoms with Gasteiger partial charge in [0.25, 0.3) is 0 Å². The summed E-state index contributed by atoms with van der Waals surface area (Å²) in [5.41, 5.74) is 5.70. The minimum atomic E-state index is -0.520. The van der Waals surface area contributed by atoms with Crippen LogP contribution in [0.4, 0.5) is 0 Å². The van der Waals surface area contributed by atoms with E-state index in [2.05, 4.69) is 15.9 Å². The van der Waals surface area contributed by atoms with Crippen LogP contribution in [0.3, 0.4) is 0 Å². The molecule has 0 fully saturated rings. The van der Waals surface area contributed by atoms with Crippen LogP contribution in [-0.4, -0.2) is 36.7 Å². The first kappa shape index (κ1) is 17.3. The molecular weight excluding hydrogens is 342 g/mol. The Kier molecular flexibility index (Phi) is 8.73. The molecule has 1 aromatic rings. The maximum atomic E-state index is 11.3. The number of ether oxygens (including phenoxy) is 2. The van der Waals surface area contributed by atoms with Crippen LogP contribution in [0.15, 0.2) is 28.7 Å². The molecule has 0 aliphatic heterocycles. The maximum Gasteiger partial charge on any atom is 0.322 e. The fraction of sp³-hybridized carbons (Fsp3) is 0.500. The molecule has 6 heteroatoms. The van der Waals surface area contributed by atoms with Crippen LogP contribution in [0, 0.1) is 0 Å². The summed E-state index contributed by atoms with van der Waals surface area (Å²) in [5.74, 6) is 2.21. The van der Waals surface area contributed by atoms with Crippen molar-refractivity contribution in [2.24, 2.45) is 5.73 Å². The Balaban J connectivity index is 2.06. The monoisotopic (exact) mass is 361 g/mol. The van der Waals surface area contributed by atoms with Gasteiger partial charge in [0.15, 0.2) is 0 Å². The normalized spacial score (nSPS) is 11.9. The molecule has 4 nitrogen and oxygen atoms in total. The first-order chi connectivity index (χ1) is 9.63. The quantitative estimate of drug-likeness (QED) is 0.541. The van der Waals surface area contributed by atoms with Gasteiger partial charge in [-0.3, -0.25) is 4.79 Å². The third-order valence-electron chi connectivity index (χ3n) is 2.46. The predicted octanol–water partition coefficient (Wildman–Crippen LogP) is 2.84. The van der Waals surface area contributed by atoms with E-state index in [-0.39, 0.29) is 5.97 Å². The molecule has 112 valence electrons. The Hall–Kier alpha value is -0.720. The molecule has 0 spiro atoms. The van der Waals surface area contributed by atoms with E-state index in [1.54, 1.807) is 18.7 Å². The lowest BCUT2D eigenvalue weighted by Crippen LogP contribution is -2.32. The molecular formula is C14H20BrNO3S. The number of halogens is 1. The van der Waals surface area contributed by atoms with Crippen molar-refractivity contribution in [2.75, 3.05) is 24.7 Å². The van der Waals surface area contributed by atoms with Gasteiger partial charge in [0.2, 0.25) is 0 Å². The highest BCUT2D eigenvalue weighted by Gasteiger charge is 2.13. The molecule has 0 saturated carbocycles. The summed E-state index contributed by atoms with van der Waals surface area (Å²) >= 11 is 5.11. The summed E-state index contributed by atoms with van der Waals surface area (Å²) in [6, 6.07) is 7.23. The van der Waals surface area contributed by atoms with E-state index in [0.29, 0.717) is 19.6 Å². The van der Waals surface area contributed by atoms with E-state index in [1.165, 1.54) is 0 Å². The SMILES string of the molecule is CCOC(=O)C(N)CCSCCOc1cccc(Br)c1. The van der Waals surface area contributed by atoms with E-state index >= 15 is 0 Å². The van der Waals surface area contributed by atoms with Crippen molar-refractivity contribution in [3.63, 3.8) is 0 Å². The molecule has 0 saturated heterocycles. The van der Waals surface area contributed by atoms with Gasteiger partial charge in [0.05, 0.1) is 13.2 Å². The maximum absolute atomic E-state index is 11.3. The standard InChI is InChI=1S/C14H20BrNO3S/c1-2-18-14(17)13(16)6-8-20-9-7-19-12-5-3-4-11(15)10-12/h3-5,10,13H,2,6-9,16H2,1H3. The fourth-order valence-electron chi connectivity index (χ4n) is 1.45. The average molecular weight is 362 g/mol. The van der Waals surface area contributed by atoms with Crippen molar-refractivity contribution >= 4 is 33.7 Å². The molecule has 0 heterocycles. The summed E-state index contributed by atoms with van der Waals surface area (Å²) in [4.78, 5) is 11.3. The number of thioether (sulfide) groups is 1. The highest BCUT2D eigenvalue weighted by atomic mass is 79.9. The number of benzene rings is 1. The fourth-order valence-corrected chi connectivity index (χ4v) is 2.66. The molecule has 20 heavy (non-hydrogen) atoms. The summed E-state index contributed by atoms with van der Waals surface area (Å²) in [5, 5.41) is 0. The van der Waals surface area contributed by atoms with Crippen molar-refractivity contribution in [1.82, 2.24) is 0 Å². The number of carbonyl (C=O) groups excluding carboxylic acids is 1. The van der Waals surface area contributed by atoms with Crippen molar-refractivity contribution in [3.05, 3.63) is 28.7 Å². The molecule has 0 aliphatic rings. The lowest BCUT2D eigenvalue weighted by atomic mass is 10.2. The van der Waals surface area contributed by atoms with Crippen molar-refractivity contribution < 1.29 is 14.3 Å². The molecule has 2 N–H and O–H groups in total. The highest BCUT2D eigenvalue weighted by molar-refractivity contribution is 9.10. The van der Waals surface area contributed by atoms with Crippen LogP contribution in [0.2, 0.25) is 0 Å². The van der Waals surface area contributed by atoms with Gasteiger partial charge in [0, 0.05) is 10.2 Å². The second kappa shape index (κ2) is 10.1. The molecule has 0 amide bonds. The van der Waals surface area contributed by atoms with Gasteiger partial charge in [-0.15, -0.1) is 0 Å². The van der Waals surface area contributed by atoms with Crippen molar-refractivity contribution in [3.8, 4) is 5.75 Å². The third kappa shape index (κ3) is 7.17. The van der Waals surface area contributed by atoms with Crippen molar-refractivity contribution in [2.45, 2.75) is 19.4 Å². The molecule has 1 aromatic carbocycles. The predicted molar refractivity (Wildman–Crippen MR) is 86.2 cm³/mol. The number of carbonyl (C=O) groups is 1. The van der Waals surface area contributed by atoms with Gasteiger partial charge in [0.1, 0.15) is 11.8 Å². The second-order valence-corrected chi connectivity index (χ2v) is 6.21. The van der Waals surface area contributed by atoms with Gasteiger partial charge in [-0.2, -0.15) is 11.8 Å². The summed E-state index contributed by atoms with van der Waals surface area (Å²) < 4.78 is 11.5. The van der Waals surface area contributed by atoms with Gasteiger partial charge in [-0.25, -0.2) is 0 Å². The van der Waals surface area contributed by atoms with E-state index in [9.17, 15) is 4.79 Å². The van der Waals surface area contributed by atoms with Crippen LogP contribution in [0.1, 0.15) is 13.3 Å². The molecule has 0 bridgehead atoms. The number of hydrogen-bond donors (Lipinski definition) is 1. The molecule has 0 aliphatic carbocycles. The van der Waals surface area contributed by atoms with Gasteiger partial charge in [-0.1, -0.05) is 22.0 Å². The Labute approximate surface area is 132 Å². The van der Waals surface area contributed by atoms with Gasteiger partial charge < -0.3 is 15.2 Å². The summed E-state index contributed by atoms with van der Waals surface area (Å²) in [7, 11) is 0. The molecule has 0 aromatic heterocycles. The topological polar surface area (TPSA) is 61.5 Å². The van der Waals surface area contributed by atoms with Crippen LogP contribution in [0.25, 0.3) is 0 Å². The Bertz CT molecular complexity index is 417. The number of rotatable bonds is 9. The van der Waals surface area contributed by atoms with E-state index in [1.807, 2.05) is 24.3 Å². The zero-order chi connectivity index (χ0) is 14.8. The molecule has 1 unspecified atom stereocenters. The van der Waals surface area contributed by atoms with Gasteiger partial charge in [-0.05, 0) is 37.3 Å². The Morgan fingerprint density at radius 1 is 1.45 bits per heavy atom.